The van der Waals surface area contributed by atoms with E-state index >= 15 is 0 Å². The van der Waals surface area contributed by atoms with Gasteiger partial charge in [0.15, 0.2) is 0 Å². The van der Waals surface area contributed by atoms with E-state index in [0.29, 0.717) is 6.04 Å². The van der Waals surface area contributed by atoms with Gasteiger partial charge in [-0.1, -0.05) is 31.2 Å². The van der Waals surface area contributed by atoms with Crippen molar-refractivity contribution in [2.45, 2.75) is 19.4 Å². The molecular formula is C13H20N2. The Morgan fingerprint density at radius 2 is 2.20 bits per heavy atom. The van der Waals surface area contributed by atoms with Gasteiger partial charge < -0.3 is 5.32 Å². The zero-order valence-corrected chi connectivity index (χ0v) is 9.66. The van der Waals surface area contributed by atoms with Crippen LogP contribution in [-0.2, 0) is 6.42 Å². The fraction of sp³-hybridized carbons (Fsp3) is 0.538. The molecule has 1 aliphatic heterocycles. The van der Waals surface area contributed by atoms with Gasteiger partial charge in [-0.3, -0.25) is 4.90 Å². The molecule has 0 aromatic heterocycles. The summed E-state index contributed by atoms with van der Waals surface area (Å²) < 4.78 is 0. The van der Waals surface area contributed by atoms with E-state index < -0.39 is 0 Å². The third-order valence-electron chi connectivity index (χ3n) is 3.27. The van der Waals surface area contributed by atoms with Crippen molar-refractivity contribution in [2.75, 3.05) is 26.7 Å². The predicted octanol–water partition coefficient (Wildman–Crippen LogP) is 1.83. The molecule has 2 nitrogen and oxygen atoms in total. The van der Waals surface area contributed by atoms with Gasteiger partial charge in [0.25, 0.3) is 0 Å². The van der Waals surface area contributed by atoms with Crippen molar-refractivity contribution in [1.82, 2.24) is 10.2 Å². The third kappa shape index (κ3) is 2.21. The molecule has 1 unspecified atom stereocenters. The van der Waals surface area contributed by atoms with Crippen molar-refractivity contribution in [3.8, 4) is 0 Å². The minimum atomic E-state index is 0.551. The summed E-state index contributed by atoms with van der Waals surface area (Å²) in [5, 5.41) is 3.45. The Labute approximate surface area is 92.3 Å². The molecule has 0 saturated carbocycles. The van der Waals surface area contributed by atoms with Crippen molar-refractivity contribution >= 4 is 0 Å². The van der Waals surface area contributed by atoms with Gasteiger partial charge in [0.2, 0.25) is 0 Å². The zero-order chi connectivity index (χ0) is 10.7. The van der Waals surface area contributed by atoms with Crippen LogP contribution in [0.15, 0.2) is 24.3 Å². The highest BCUT2D eigenvalue weighted by atomic mass is 15.2. The van der Waals surface area contributed by atoms with E-state index in [2.05, 4.69) is 48.5 Å². The quantitative estimate of drug-likeness (QED) is 0.808. The smallest absolute Gasteiger partial charge is 0.0472 e. The van der Waals surface area contributed by atoms with Crippen molar-refractivity contribution in [2.24, 2.45) is 0 Å². The molecule has 0 spiro atoms. The standard InChI is InChI=1S/C13H20N2/c1-3-14-10-13-12-7-5-4-6-11(12)8-9-15(13)2/h4-7,13-14H,3,8-10H2,1-2H3. The maximum Gasteiger partial charge on any atom is 0.0472 e. The number of nitrogens with zero attached hydrogens (tertiary/aromatic N) is 1. The van der Waals surface area contributed by atoms with E-state index in [-0.39, 0.29) is 0 Å². The number of likely N-dealkylation sites (N-methyl/N-ethyl adjacent to an activating group) is 2. The van der Waals surface area contributed by atoms with Gasteiger partial charge in [0.05, 0.1) is 0 Å². The van der Waals surface area contributed by atoms with Crippen LogP contribution in [0.5, 0.6) is 0 Å². The Balaban J connectivity index is 2.21. The predicted molar refractivity (Wildman–Crippen MR) is 64.1 cm³/mol. The molecule has 2 rings (SSSR count). The monoisotopic (exact) mass is 204 g/mol. The summed E-state index contributed by atoms with van der Waals surface area (Å²) in [6.07, 6.45) is 1.19. The zero-order valence-electron chi connectivity index (χ0n) is 9.66. The Morgan fingerprint density at radius 3 is 3.00 bits per heavy atom. The van der Waals surface area contributed by atoms with E-state index in [1.165, 1.54) is 24.1 Å². The molecule has 0 fully saturated rings. The largest absolute Gasteiger partial charge is 0.315 e. The molecule has 0 saturated heterocycles. The number of fused-ring (bicyclic) bond motifs is 1. The van der Waals surface area contributed by atoms with E-state index in [0.717, 1.165) is 13.1 Å². The second kappa shape index (κ2) is 4.77. The molecule has 1 atom stereocenters. The average molecular weight is 204 g/mol. The van der Waals surface area contributed by atoms with Crippen molar-refractivity contribution in [1.29, 1.82) is 0 Å². The number of hydrogen-bond acceptors (Lipinski definition) is 2. The average Bonchev–Trinajstić information content (AvgIpc) is 2.28. The summed E-state index contributed by atoms with van der Waals surface area (Å²) in [5.74, 6) is 0. The summed E-state index contributed by atoms with van der Waals surface area (Å²) in [6.45, 7) is 5.44. The maximum atomic E-state index is 3.45. The summed E-state index contributed by atoms with van der Waals surface area (Å²) >= 11 is 0. The van der Waals surface area contributed by atoms with Crippen molar-refractivity contribution in [3.63, 3.8) is 0 Å². The van der Waals surface area contributed by atoms with Gasteiger partial charge >= 0.3 is 0 Å². The van der Waals surface area contributed by atoms with Gasteiger partial charge in [-0.15, -0.1) is 0 Å². The van der Waals surface area contributed by atoms with Gasteiger partial charge in [0.1, 0.15) is 0 Å². The lowest BCUT2D eigenvalue weighted by atomic mass is 9.93. The molecule has 0 aliphatic carbocycles. The van der Waals surface area contributed by atoms with Gasteiger partial charge in [-0.2, -0.15) is 0 Å². The number of benzene rings is 1. The first-order valence-corrected chi connectivity index (χ1v) is 5.81. The van der Waals surface area contributed by atoms with Crippen LogP contribution in [0.25, 0.3) is 0 Å². The van der Waals surface area contributed by atoms with E-state index in [1.54, 1.807) is 0 Å². The molecule has 1 N–H and O–H groups in total. The molecule has 0 bridgehead atoms. The second-order valence-electron chi connectivity index (χ2n) is 4.25. The lowest BCUT2D eigenvalue weighted by molar-refractivity contribution is 0.226. The molecule has 1 aromatic carbocycles. The van der Waals surface area contributed by atoms with Crippen LogP contribution >= 0.6 is 0 Å². The Kier molecular flexibility index (Phi) is 3.39. The Bertz CT molecular complexity index is 322. The number of nitrogens with one attached hydrogen (secondary N) is 1. The molecule has 1 aliphatic rings. The Hall–Kier alpha value is -0.860. The summed E-state index contributed by atoms with van der Waals surface area (Å²) in [5.41, 5.74) is 3.03. The first kappa shape index (κ1) is 10.7. The lowest BCUT2D eigenvalue weighted by Crippen LogP contribution is -2.38. The molecule has 82 valence electrons. The molecule has 0 amide bonds. The highest BCUT2D eigenvalue weighted by Crippen LogP contribution is 2.27. The molecule has 1 heterocycles. The van der Waals surface area contributed by atoms with Crippen molar-refractivity contribution < 1.29 is 0 Å². The van der Waals surface area contributed by atoms with Crippen LogP contribution in [0.3, 0.4) is 0 Å². The highest BCUT2D eigenvalue weighted by Gasteiger charge is 2.23. The van der Waals surface area contributed by atoms with Crippen LogP contribution in [0.2, 0.25) is 0 Å². The molecule has 2 heteroatoms. The molecule has 15 heavy (non-hydrogen) atoms. The fourth-order valence-corrected chi connectivity index (χ4v) is 2.32. The highest BCUT2D eigenvalue weighted by molar-refractivity contribution is 5.32. The van der Waals surface area contributed by atoms with Crippen molar-refractivity contribution in [3.05, 3.63) is 35.4 Å². The van der Waals surface area contributed by atoms with E-state index in [9.17, 15) is 0 Å². The van der Waals surface area contributed by atoms with Crippen LogP contribution < -0.4 is 5.32 Å². The maximum absolute atomic E-state index is 3.45. The Morgan fingerprint density at radius 1 is 1.40 bits per heavy atom. The summed E-state index contributed by atoms with van der Waals surface area (Å²) in [6, 6.07) is 9.38. The fourth-order valence-electron chi connectivity index (χ4n) is 2.32. The molecular weight excluding hydrogens is 184 g/mol. The van der Waals surface area contributed by atoms with Gasteiger partial charge in [0, 0.05) is 19.1 Å². The van der Waals surface area contributed by atoms with Gasteiger partial charge in [-0.05, 0) is 31.1 Å². The van der Waals surface area contributed by atoms with Crippen LogP contribution in [-0.4, -0.2) is 31.6 Å². The summed E-state index contributed by atoms with van der Waals surface area (Å²) in [4.78, 5) is 2.45. The van der Waals surface area contributed by atoms with Gasteiger partial charge in [-0.25, -0.2) is 0 Å². The minimum Gasteiger partial charge on any atom is -0.315 e. The third-order valence-corrected chi connectivity index (χ3v) is 3.27. The van der Waals surface area contributed by atoms with E-state index in [4.69, 9.17) is 0 Å². The molecule has 0 radical (unpaired) electrons. The van der Waals surface area contributed by atoms with Crippen LogP contribution in [0.4, 0.5) is 0 Å². The van der Waals surface area contributed by atoms with Crippen LogP contribution in [0.1, 0.15) is 24.1 Å². The normalized spacial score (nSPS) is 21.3. The van der Waals surface area contributed by atoms with E-state index in [1.807, 2.05) is 0 Å². The lowest BCUT2D eigenvalue weighted by Gasteiger charge is -2.34. The SMILES string of the molecule is CCNCC1c2ccccc2CCN1C. The van der Waals surface area contributed by atoms with Crippen LogP contribution in [0, 0.1) is 0 Å². The first-order valence-electron chi connectivity index (χ1n) is 5.81. The topological polar surface area (TPSA) is 15.3 Å². The number of rotatable bonds is 3. The summed E-state index contributed by atoms with van der Waals surface area (Å²) in [7, 11) is 2.22. The molecule has 1 aromatic rings. The minimum absolute atomic E-state index is 0.551. The number of hydrogen-bond donors (Lipinski definition) is 1. The first-order chi connectivity index (χ1) is 7.33. The second-order valence-corrected chi connectivity index (χ2v) is 4.25.